The maximum atomic E-state index is 12.8. The molecule has 0 saturated carbocycles. The van der Waals surface area contributed by atoms with Gasteiger partial charge in [0, 0.05) is 17.7 Å². The molecule has 0 aliphatic rings. The Balaban J connectivity index is 3.23. The van der Waals surface area contributed by atoms with Crippen LogP contribution >= 0.6 is 7.82 Å². The molecule has 5 nitrogen and oxygen atoms in total. The zero-order valence-corrected chi connectivity index (χ0v) is 20.6. The second-order valence-electron chi connectivity index (χ2n) is 9.99. The fourth-order valence-electron chi connectivity index (χ4n) is 3.18. The van der Waals surface area contributed by atoms with Crippen LogP contribution in [0.3, 0.4) is 0 Å². The molecule has 0 radical (unpaired) electrons. The third-order valence-corrected chi connectivity index (χ3v) is 6.17. The van der Waals surface area contributed by atoms with Crippen LogP contribution in [-0.2, 0) is 26.5 Å². The fourth-order valence-corrected chi connectivity index (χ4v) is 4.08. The molecule has 0 fully saturated rings. The molecule has 6 heteroatoms. The van der Waals surface area contributed by atoms with Crippen molar-refractivity contribution in [2.75, 3.05) is 6.61 Å². The highest BCUT2D eigenvalue weighted by Gasteiger charge is 2.31. The predicted molar refractivity (Wildman–Crippen MR) is 121 cm³/mol. The summed E-state index contributed by atoms with van der Waals surface area (Å²) in [5, 5.41) is 0. The molecule has 0 aromatic heterocycles. The summed E-state index contributed by atoms with van der Waals surface area (Å²) in [6.45, 7) is 17.2. The minimum atomic E-state index is -4.26. The van der Waals surface area contributed by atoms with E-state index < -0.39 is 7.82 Å². The quantitative estimate of drug-likeness (QED) is 0.419. The van der Waals surface area contributed by atoms with Crippen molar-refractivity contribution in [1.29, 1.82) is 0 Å². The lowest BCUT2D eigenvalue weighted by atomic mass is 9.79. The van der Waals surface area contributed by atoms with Crippen molar-refractivity contribution in [2.24, 2.45) is 11.7 Å². The molecule has 29 heavy (non-hydrogen) atoms. The van der Waals surface area contributed by atoms with Gasteiger partial charge in [-0.15, -0.1) is 0 Å². The molecule has 0 saturated heterocycles. The summed E-state index contributed by atoms with van der Waals surface area (Å²) >= 11 is 0. The smallest absolute Gasteiger partial charge is 0.403 e. The standard InChI is InChI=1S/C23H42NO4P/c1-9-11-12-17(10-2)16-27-29(25,26)28-21-18(15-24)13-19(22(3,4)5)14-20(21)23(6,7)8/h13-14,17H,9-12,15-16,24H2,1-8H3,(H,25,26). The Kier molecular flexibility index (Phi) is 9.42. The first-order chi connectivity index (χ1) is 13.2. The fraction of sp³-hybridized carbons (Fsp3) is 0.739. The van der Waals surface area contributed by atoms with Crippen LogP contribution in [0.5, 0.6) is 5.75 Å². The summed E-state index contributed by atoms with van der Waals surface area (Å²) in [6.07, 6.45) is 4.06. The number of phosphoric ester groups is 1. The van der Waals surface area contributed by atoms with Crippen LogP contribution in [-0.4, -0.2) is 11.5 Å². The lowest BCUT2D eigenvalue weighted by Gasteiger charge is -2.29. The lowest BCUT2D eigenvalue weighted by molar-refractivity contribution is 0.165. The van der Waals surface area contributed by atoms with Crippen molar-refractivity contribution in [3.63, 3.8) is 0 Å². The number of hydrogen-bond acceptors (Lipinski definition) is 4. The third-order valence-electron chi connectivity index (χ3n) is 5.28. The second kappa shape index (κ2) is 10.4. The monoisotopic (exact) mass is 427 g/mol. The normalized spacial score (nSPS) is 15.8. The molecule has 1 rings (SSSR count). The second-order valence-corrected chi connectivity index (χ2v) is 11.4. The van der Waals surface area contributed by atoms with Gasteiger partial charge in [-0.25, -0.2) is 4.57 Å². The van der Waals surface area contributed by atoms with Gasteiger partial charge in [-0.1, -0.05) is 86.8 Å². The van der Waals surface area contributed by atoms with Crippen LogP contribution in [0.1, 0.15) is 97.8 Å². The molecule has 0 amide bonds. The number of unbranched alkanes of at least 4 members (excludes halogenated alkanes) is 1. The highest BCUT2D eigenvalue weighted by atomic mass is 31.2. The molecule has 0 aliphatic heterocycles. The van der Waals surface area contributed by atoms with Crippen LogP contribution in [0.2, 0.25) is 0 Å². The van der Waals surface area contributed by atoms with Gasteiger partial charge in [-0.3, -0.25) is 9.42 Å². The van der Waals surface area contributed by atoms with E-state index in [-0.39, 0.29) is 29.9 Å². The van der Waals surface area contributed by atoms with E-state index in [0.29, 0.717) is 5.75 Å². The first-order valence-electron chi connectivity index (χ1n) is 10.8. The average molecular weight is 428 g/mol. The van der Waals surface area contributed by atoms with Crippen molar-refractivity contribution < 1.29 is 18.5 Å². The highest BCUT2D eigenvalue weighted by molar-refractivity contribution is 7.47. The van der Waals surface area contributed by atoms with Crippen molar-refractivity contribution in [2.45, 2.75) is 98.4 Å². The van der Waals surface area contributed by atoms with Gasteiger partial charge < -0.3 is 10.3 Å². The van der Waals surface area contributed by atoms with Crippen molar-refractivity contribution in [3.05, 3.63) is 28.8 Å². The SMILES string of the molecule is CCCCC(CC)COP(=O)(O)Oc1c(CN)cc(C(C)(C)C)cc1C(C)(C)C. The molecule has 3 N–H and O–H groups in total. The van der Waals surface area contributed by atoms with Crippen molar-refractivity contribution in [3.8, 4) is 5.75 Å². The number of benzene rings is 1. The molecular weight excluding hydrogens is 385 g/mol. The van der Waals surface area contributed by atoms with Crippen LogP contribution in [0, 0.1) is 5.92 Å². The summed E-state index contributed by atoms with van der Waals surface area (Å²) < 4.78 is 23.8. The van der Waals surface area contributed by atoms with Crippen LogP contribution < -0.4 is 10.3 Å². The van der Waals surface area contributed by atoms with Crippen molar-refractivity contribution >= 4 is 7.82 Å². The Labute approximate surface area is 178 Å². The van der Waals surface area contributed by atoms with Gasteiger partial charge in [0.05, 0.1) is 6.61 Å². The summed E-state index contributed by atoms with van der Waals surface area (Å²) in [5.74, 6) is 0.624. The molecule has 0 heterocycles. The van der Waals surface area contributed by atoms with Gasteiger partial charge in [0.25, 0.3) is 0 Å². The minimum Gasteiger partial charge on any atom is -0.403 e. The number of phosphoric acid groups is 1. The van der Waals surface area contributed by atoms with Gasteiger partial charge in [-0.05, 0) is 28.7 Å². The first-order valence-corrected chi connectivity index (χ1v) is 12.3. The van der Waals surface area contributed by atoms with E-state index in [1.165, 1.54) is 0 Å². The van der Waals surface area contributed by atoms with E-state index >= 15 is 0 Å². The number of rotatable bonds is 10. The Morgan fingerprint density at radius 1 is 1.10 bits per heavy atom. The van der Waals surface area contributed by atoms with E-state index in [1.807, 2.05) is 6.07 Å². The minimum absolute atomic E-state index is 0.0739. The molecule has 1 aromatic carbocycles. The van der Waals surface area contributed by atoms with Crippen LogP contribution in [0.15, 0.2) is 12.1 Å². The van der Waals surface area contributed by atoms with Crippen molar-refractivity contribution in [1.82, 2.24) is 0 Å². The summed E-state index contributed by atoms with van der Waals surface area (Å²) in [6, 6.07) is 4.03. The summed E-state index contributed by atoms with van der Waals surface area (Å²) in [7, 11) is -4.26. The zero-order chi connectivity index (χ0) is 22.5. The van der Waals surface area contributed by atoms with Gasteiger partial charge in [0.1, 0.15) is 5.75 Å². The van der Waals surface area contributed by atoms with E-state index in [1.54, 1.807) is 0 Å². The summed E-state index contributed by atoms with van der Waals surface area (Å²) in [4.78, 5) is 10.4. The maximum absolute atomic E-state index is 12.8. The Hall–Kier alpha value is -0.870. The average Bonchev–Trinajstić information content (AvgIpc) is 2.59. The first kappa shape index (κ1) is 26.2. The zero-order valence-electron chi connectivity index (χ0n) is 19.7. The van der Waals surface area contributed by atoms with E-state index in [0.717, 1.165) is 42.4 Å². The van der Waals surface area contributed by atoms with Gasteiger partial charge in [-0.2, -0.15) is 0 Å². The molecule has 0 bridgehead atoms. The highest BCUT2D eigenvalue weighted by Crippen LogP contribution is 2.49. The summed E-state index contributed by atoms with van der Waals surface area (Å²) in [5.41, 5.74) is 8.35. The predicted octanol–water partition coefficient (Wildman–Crippen LogP) is 6.45. The van der Waals surface area contributed by atoms with Crippen LogP contribution in [0.25, 0.3) is 0 Å². The Bertz CT molecular complexity index is 704. The third kappa shape index (κ3) is 8.05. The molecule has 1 aromatic rings. The topological polar surface area (TPSA) is 81.8 Å². The molecule has 0 aliphatic carbocycles. The van der Waals surface area contributed by atoms with E-state index in [9.17, 15) is 9.46 Å². The molecule has 2 unspecified atom stereocenters. The lowest BCUT2D eigenvalue weighted by Crippen LogP contribution is -2.20. The van der Waals surface area contributed by atoms with Gasteiger partial charge in [0.2, 0.25) is 0 Å². The molecule has 168 valence electrons. The van der Waals surface area contributed by atoms with E-state index in [2.05, 4.69) is 61.5 Å². The number of nitrogens with two attached hydrogens (primary N) is 1. The van der Waals surface area contributed by atoms with Gasteiger partial charge in [0.15, 0.2) is 0 Å². The largest absolute Gasteiger partial charge is 0.527 e. The van der Waals surface area contributed by atoms with Gasteiger partial charge >= 0.3 is 7.82 Å². The molecule has 2 atom stereocenters. The maximum Gasteiger partial charge on any atom is 0.527 e. The Morgan fingerprint density at radius 2 is 1.72 bits per heavy atom. The Morgan fingerprint density at radius 3 is 2.17 bits per heavy atom. The molecular formula is C23H42NO4P. The number of hydrogen-bond donors (Lipinski definition) is 2. The molecule has 0 spiro atoms. The van der Waals surface area contributed by atoms with E-state index in [4.69, 9.17) is 14.8 Å². The van der Waals surface area contributed by atoms with Crippen LogP contribution in [0.4, 0.5) is 0 Å².